The number of aryl methyl sites for hydroxylation is 1. The number of carbonyl (C=O) groups excluding carboxylic acids is 1. The van der Waals surface area contributed by atoms with Gasteiger partial charge in [0.05, 0.1) is 11.9 Å². The van der Waals surface area contributed by atoms with Crippen LogP contribution in [-0.2, 0) is 4.74 Å². The maximum absolute atomic E-state index is 11.9. The molecule has 1 aromatic rings. The van der Waals surface area contributed by atoms with Gasteiger partial charge in [-0.15, -0.1) is 0 Å². The lowest BCUT2D eigenvalue weighted by Gasteiger charge is -2.25. The van der Waals surface area contributed by atoms with Crippen LogP contribution < -0.4 is 4.90 Å². The number of ether oxygens (including phenoxy) is 1. The lowest BCUT2D eigenvalue weighted by Crippen LogP contribution is -2.34. The quantitative estimate of drug-likeness (QED) is 0.731. The average molecular weight is 348 g/mol. The van der Waals surface area contributed by atoms with Gasteiger partial charge in [-0.1, -0.05) is 0 Å². The first kappa shape index (κ1) is 14.2. The van der Waals surface area contributed by atoms with Gasteiger partial charge in [0.2, 0.25) is 0 Å². The molecule has 0 spiro atoms. The largest absolute Gasteiger partial charge is 0.443 e. The van der Waals surface area contributed by atoms with E-state index in [9.17, 15) is 4.79 Å². The van der Waals surface area contributed by atoms with Crippen molar-refractivity contribution in [2.24, 2.45) is 0 Å². The molecule has 5 heteroatoms. The third-order valence-electron chi connectivity index (χ3n) is 2.00. The Morgan fingerprint density at radius 2 is 2.06 bits per heavy atom. The summed E-state index contributed by atoms with van der Waals surface area (Å²) in [5.74, 6) is 0. The van der Waals surface area contributed by atoms with Crippen molar-refractivity contribution in [3.63, 3.8) is 0 Å². The molecule has 0 atom stereocenters. The number of hydrogen-bond acceptors (Lipinski definition) is 3. The van der Waals surface area contributed by atoms with Gasteiger partial charge in [-0.25, -0.2) is 4.79 Å². The molecule has 0 aliphatic heterocycles. The van der Waals surface area contributed by atoms with E-state index < -0.39 is 5.60 Å². The van der Waals surface area contributed by atoms with E-state index in [-0.39, 0.29) is 6.09 Å². The summed E-state index contributed by atoms with van der Waals surface area (Å²) < 4.78 is 6.27. The Balaban J connectivity index is 2.89. The van der Waals surface area contributed by atoms with Crippen LogP contribution in [0, 0.1) is 10.5 Å². The summed E-state index contributed by atoms with van der Waals surface area (Å²) in [6.45, 7) is 7.45. The van der Waals surface area contributed by atoms with Gasteiger partial charge in [0.25, 0.3) is 0 Å². The van der Waals surface area contributed by atoms with Crippen LogP contribution >= 0.6 is 22.6 Å². The van der Waals surface area contributed by atoms with E-state index >= 15 is 0 Å². The third-order valence-corrected chi connectivity index (χ3v) is 2.86. The number of amides is 1. The second-order valence-electron chi connectivity index (χ2n) is 4.82. The van der Waals surface area contributed by atoms with Gasteiger partial charge in [-0.2, -0.15) is 0 Å². The molecule has 0 bridgehead atoms. The average Bonchev–Trinajstić information content (AvgIpc) is 2.14. The van der Waals surface area contributed by atoms with Crippen molar-refractivity contribution in [3.05, 3.63) is 21.5 Å². The molecule has 0 saturated heterocycles. The van der Waals surface area contributed by atoms with Crippen LogP contribution in [0.5, 0.6) is 0 Å². The predicted molar refractivity (Wildman–Crippen MR) is 76.3 cm³/mol. The highest BCUT2D eigenvalue weighted by Crippen LogP contribution is 2.22. The van der Waals surface area contributed by atoms with Gasteiger partial charge >= 0.3 is 6.09 Å². The highest BCUT2D eigenvalue weighted by Gasteiger charge is 2.21. The molecule has 17 heavy (non-hydrogen) atoms. The number of rotatable bonds is 1. The second-order valence-corrected chi connectivity index (χ2v) is 5.98. The highest BCUT2D eigenvalue weighted by atomic mass is 127. The van der Waals surface area contributed by atoms with E-state index in [1.807, 2.05) is 33.8 Å². The van der Waals surface area contributed by atoms with Crippen molar-refractivity contribution in [2.45, 2.75) is 33.3 Å². The zero-order chi connectivity index (χ0) is 13.2. The van der Waals surface area contributed by atoms with E-state index in [4.69, 9.17) is 4.74 Å². The Kier molecular flexibility index (Phi) is 4.35. The van der Waals surface area contributed by atoms with E-state index in [1.54, 1.807) is 13.2 Å². The summed E-state index contributed by atoms with van der Waals surface area (Å²) in [7, 11) is 1.68. The summed E-state index contributed by atoms with van der Waals surface area (Å²) in [6.07, 6.45) is 1.31. The second kappa shape index (κ2) is 5.20. The van der Waals surface area contributed by atoms with E-state index in [0.717, 1.165) is 15.0 Å². The smallest absolute Gasteiger partial charge is 0.414 e. The number of nitrogens with zero attached hydrogens (tertiary/aromatic N) is 2. The van der Waals surface area contributed by atoms with Gasteiger partial charge in [0.15, 0.2) is 0 Å². The van der Waals surface area contributed by atoms with Crippen molar-refractivity contribution in [1.82, 2.24) is 4.98 Å². The first-order valence-corrected chi connectivity index (χ1v) is 6.37. The fourth-order valence-corrected chi connectivity index (χ4v) is 2.15. The maximum atomic E-state index is 11.9. The van der Waals surface area contributed by atoms with E-state index in [0.29, 0.717) is 0 Å². The molecule has 1 rings (SSSR count). The molecule has 0 N–H and O–H groups in total. The van der Waals surface area contributed by atoms with Crippen molar-refractivity contribution < 1.29 is 9.53 Å². The van der Waals surface area contributed by atoms with E-state index in [1.165, 1.54) is 4.90 Å². The highest BCUT2D eigenvalue weighted by molar-refractivity contribution is 14.1. The molecule has 1 heterocycles. The lowest BCUT2D eigenvalue weighted by atomic mass is 10.2. The summed E-state index contributed by atoms with van der Waals surface area (Å²) >= 11 is 2.18. The topological polar surface area (TPSA) is 42.4 Å². The molecular weight excluding hydrogens is 331 g/mol. The van der Waals surface area contributed by atoms with Gasteiger partial charge in [-0.3, -0.25) is 9.88 Å². The van der Waals surface area contributed by atoms with Crippen LogP contribution in [0.3, 0.4) is 0 Å². The molecule has 4 nitrogen and oxygen atoms in total. The molecule has 0 saturated carbocycles. The number of pyridine rings is 1. The molecule has 0 aliphatic rings. The van der Waals surface area contributed by atoms with Crippen LogP contribution in [0.4, 0.5) is 10.5 Å². The Hall–Kier alpha value is -0.850. The molecule has 0 radical (unpaired) electrons. The maximum Gasteiger partial charge on any atom is 0.414 e. The molecule has 0 unspecified atom stereocenters. The van der Waals surface area contributed by atoms with Crippen LogP contribution in [0.2, 0.25) is 0 Å². The monoisotopic (exact) mass is 348 g/mol. The Morgan fingerprint density at radius 1 is 1.47 bits per heavy atom. The van der Waals surface area contributed by atoms with Crippen LogP contribution in [0.25, 0.3) is 0 Å². The number of halogens is 1. The van der Waals surface area contributed by atoms with Crippen LogP contribution in [0.15, 0.2) is 12.3 Å². The minimum absolute atomic E-state index is 0.374. The Bertz CT molecular complexity index is 427. The van der Waals surface area contributed by atoms with E-state index in [2.05, 4.69) is 27.6 Å². The zero-order valence-corrected chi connectivity index (χ0v) is 12.9. The fourth-order valence-electron chi connectivity index (χ4n) is 1.19. The molecule has 0 aromatic carbocycles. The summed E-state index contributed by atoms with van der Waals surface area (Å²) in [4.78, 5) is 17.5. The third kappa shape index (κ3) is 4.14. The van der Waals surface area contributed by atoms with Crippen molar-refractivity contribution in [1.29, 1.82) is 0 Å². The fraction of sp³-hybridized carbons (Fsp3) is 0.500. The number of hydrogen-bond donors (Lipinski definition) is 0. The number of carbonyl (C=O) groups is 1. The first-order chi connectivity index (χ1) is 7.70. The predicted octanol–water partition coefficient (Wildman–Crippen LogP) is 3.37. The Morgan fingerprint density at radius 3 is 2.53 bits per heavy atom. The number of aromatic nitrogens is 1. The first-order valence-electron chi connectivity index (χ1n) is 5.29. The van der Waals surface area contributed by atoms with Crippen LogP contribution in [0.1, 0.15) is 26.5 Å². The van der Waals surface area contributed by atoms with Crippen molar-refractivity contribution in [2.75, 3.05) is 11.9 Å². The summed E-state index contributed by atoms with van der Waals surface area (Å²) in [5.41, 5.74) is 1.19. The van der Waals surface area contributed by atoms with Crippen molar-refractivity contribution in [3.8, 4) is 0 Å². The minimum atomic E-state index is -0.491. The molecule has 1 aromatic heterocycles. The van der Waals surface area contributed by atoms with Gasteiger partial charge in [0, 0.05) is 16.3 Å². The standard InChI is InChI=1S/C12H17IN2O2/c1-8-6-9(13)10(7-14-8)15(5)11(16)17-12(2,3)4/h6-7H,1-5H3. The SMILES string of the molecule is Cc1cc(I)c(N(C)C(=O)OC(C)(C)C)cn1. The molecule has 0 fully saturated rings. The minimum Gasteiger partial charge on any atom is -0.443 e. The van der Waals surface area contributed by atoms with Crippen molar-refractivity contribution >= 4 is 34.4 Å². The zero-order valence-electron chi connectivity index (χ0n) is 10.7. The molecule has 94 valence electrons. The molecule has 1 amide bonds. The molecular formula is C12H17IN2O2. The Labute approximate surface area is 116 Å². The van der Waals surface area contributed by atoms with Crippen LogP contribution in [-0.4, -0.2) is 23.7 Å². The van der Waals surface area contributed by atoms with Gasteiger partial charge in [0.1, 0.15) is 5.60 Å². The number of anilines is 1. The normalized spacial score (nSPS) is 11.2. The van der Waals surface area contributed by atoms with Gasteiger partial charge in [-0.05, 0) is 56.4 Å². The molecule has 0 aliphatic carbocycles. The summed E-state index contributed by atoms with van der Waals surface area (Å²) in [6, 6.07) is 1.93. The summed E-state index contributed by atoms with van der Waals surface area (Å²) in [5, 5.41) is 0. The lowest BCUT2D eigenvalue weighted by molar-refractivity contribution is 0.0589. The van der Waals surface area contributed by atoms with Gasteiger partial charge < -0.3 is 4.74 Å².